The maximum Gasteiger partial charge on any atom is 0.407 e. The first-order chi connectivity index (χ1) is 30.1. The van der Waals surface area contributed by atoms with Crippen LogP contribution in [0.25, 0.3) is 10.9 Å². The number of nitriles is 1. The lowest BCUT2D eigenvalue weighted by molar-refractivity contribution is 0.139. The summed E-state index contributed by atoms with van der Waals surface area (Å²) in [5, 5.41) is 21.1. The van der Waals surface area contributed by atoms with E-state index in [9.17, 15) is 19.6 Å². The molecule has 0 bridgehead atoms. The van der Waals surface area contributed by atoms with E-state index in [-0.39, 0.29) is 37.4 Å². The van der Waals surface area contributed by atoms with Crippen LogP contribution < -0.4 is 10.2 Å². The number of ether oxygens (including phenoxy) is 1. The number of azo groups is 1. The Kier molecular flexibility index (Phi) is 14.8. The van der Waals surface area contributed by atoms with E-state index in [1.54, 1.807) is 18.2 Å². The molecule has 6 rings (SSSR count). The molecule has 0 atom stereocenters. The molecule has 0 heterocycles. The van der Waals surface area contributed by atoms with E-state index in [0.29, 0.717) is 28.9 Å². The Labute approximate surface area is 360 Å². The number of rotatable bonds is 15. The fourth-order valence-electron chi connectivity index (χ4n) is 7.03. The molecule has 12 nitrogen and oxygen atoms in total. The van der Waals surface area contributed by atoms with E-state index in [4.69, 9.17) is 11.3 Å². The molecule has 1 aliphatic carbocycles. The third kappa shape index (κ3) is 12.4. The Morgan fingerprint density at radius 2 is 1.34 bits per heavy atom. The lowest BCUT2D eigenvalue weighted by Crippen LogP contribution is -2.23. The van der Waals surface area contributed by atoms with Crippen LogP contribution in [-0.4, -0.2) is 18.3 Å². The second-order valence-electron chi connectivity index (χ2n) is 15.2. The number of benzene rings is 5. The van der Waals surface area contributed by atoms with Gasteiger partial charge in [-0.2, -0.15) is 10.2 Å². The van der Waals surface area contributed by atoms with Crippen LogP contribution in [0, 0.1) is 23.3 Å². The van der Waals surface area contributed by atoms with Crippen LogP contribution in [0.3, 0.4) is 0 Å². The highest BCUT2D eigenvalue weighted by Gasteiger charge is 2.26. The number of aliphatic imine (C=N–C) groups is 2. The van der Waals surface area contributed by atoms with E-state index in [2.05, 4.69) is 55.2 Å². The first kappa shape index (κ1) is 43.3. The van der Waals surface area contributed by atoms with Crippen molar-refractivity contribution in [3.63, 3.8) is 0 Å². The number of carbonyl (C=O) groups is 1. The number of hydrogen-bond donors (Lipinski definition) is 1. The van der Waals surface area contributed by atoms with Gasteiger partial charge in [0.1, 0.15) is 6.61 Å². The molecule has 306 valence electrons. The molecular weight excluding hydrogens is 777 g/mol. The largest absolute Gasteiger partial charge is 0.445 e. The lowest BCUT2D eigenvalue weighted by Gasteiger charge is -2.30. The maximum absolute atomic E-state index is 12.6. The van der Waals surface area contributed by atoms with Crippen molar-refractivity contribution >= 4 is 52.8 Å². The lowest BCUT2D eigenvalue weighted by atomic mass is 9.74. The van der Waals surface area contributed by atoms with E-state index in [1.165, 1.54) is 12.2 Å². The van der Waals surface area contributed by atoms with Crippen LogP contribution in [0.15, 0.2) is 171 Å². The van der Waals surface area contributed by atoms with Gasteiger partial charge in [0.25, 0.3) is 5.70 Å². The fraction of sp³-hybridized carbons (Fsp3) is 0.180. The molecule has 1 aliphatic rings. The molecule has 0 saturated carbocycles. The molecule has 0 spiro atoms. The molecule has 0 unspecified atom stereocenters. The summed E-state index contributed by atoms with van der Waals surface area (Å²) in [6.45, 7) is 12.1. The Balaban J connectivity index is 1.07. The average Bonchev–Trinajstić information content (AvgIpc) is 3.29. The summed E-state index contributed by atoms with van der Waals surface area (Å²) in [5.41, 5.74) is 10.1. The van der Waals surface area contributed by atoms with E-state index in [0.717, 1.165) is 51.3 Å². The normalized spacial score (nSPS) is 13.8. The van der Waals surface area contributed by atoms with Crippen molar-refractivity contribution in [1.29, 1.82) is 5.26 Å². The predicted octanol–water partition coefficient (Wildman–Crippen LogP) is 12.1. The van der Waals surface area contributed by atoms with E-state index >= 15 is 0 Å². The Bertz CT molecular complexity index is 2640. The number of hydrogen-bond acceptors (Lipinski definition) is 10. The Morgan fingerprint density at radius 3 is 1.92 bits per heavy atom. The van der Waals surface area contributed by atoms with Gasteiger partial charge in [-0.1, -0.05) is 92.7 Å². The Morgan fingerprint density at radius 1 is 0.774 bits per heavy atom. The number of carbonyl (C=O) groups excluding carboxylic acids is 3. The summed E-state index contributed by atoms with van der Waals surface area (Å²) in [6.07, 6.45) is 10.0. The second kappa shape index (κ2) is 21.1. The van der Waals surface area contributed by atoms with Crippen molar-refractivity contribution in [2.45, 2.75) is 52.9 Å². The van der Waals surface area contributed by atoms with Gasteiger partial charge in [-0.3, -0.25) is 0 Å². The highest BCUT2D eigenvalue weighted by Crippen LogP contribution is 2.40. The zero-order valence-electron chi connectivity index (χ0n) is 34.3. The summed E-state index contributed by atoms with van der Waals surface area (Å²) in [4.78, 5) is 46.6. The first-order valence-corrected chi connectivity index (χ1v) is 19.7. The summed E-state index contributed by atoms with van der Waals surface area (Å²) in [7, 11) is 0. The minimum Gasteiger partial charge on any atom is -0.445 e. The molecule has 5 aromatic rings. The third-order valence-corrected chi connectivity index (χ3v) is 9.79. The number of alkyl carbamates (subject to hydrolysis) is 1. The van der Waals surface area contributed by atoms with Crippen LogP contribution in [0.5, 0.6) is 0 Å². The van der Waals surface area contributed by atoms with Gasteiger partial charge >= 0.3 is 6.09 Å². The molecular formula is C50H42N8O4. The van der Waals surface area contributed by atoms with Crippen LogP contribution in [0.2, 0.25) is 0 Å². The van der Waals surface area contributed by atoms with Gasteiger partial charge < -0.3 is 15.0 Å². The standard InChI is InChI=1S/C50H42N8O4/c1-50(2)27-38(26-42(28-50)48(29-51)52-3)10-9-36-11-15-43(16-12-36)56-57-44-17-21-47(22-18-44)58(45-7-5-4-6-8-45)46-19-13-37(14-20-46)33-62-49(61)55-32-41-24-39(30-53-34-59)23-40(25-41)31-54-35-60/h4-26H,27-28,30-33H2,1-2H3,(H,55,61)/b10-9+,48-42+,57-56?. The number of amides is 1. The van der Waals surface area contributed by atoms with Crippen molar-refractivity contribution < 1.29 is 19.1 Å². The molecule has 1 N–H and O–H groups in total. The number of nitrogens with zero attached hydrogens (tertiary/aromatic N) is 7. The SMILES string of the molecule is [C-]#[N+]/C(C#N)=C1C=C(/C=C/c2ccc(N=Nc3ccc(N(c4ccccc4)c4ccc(COC(=O)NCc5cc(CN=C=O)cc(CN=C=O)c5)cc4)cc3)cc2)CC(C)(C)C\1. The van der Waals surface area contributed by atoms with Gasteiger partial charge in [-0.25, -0.2) is 34.5 Å². The highest BCUT2D eigenvalue weighted by atomic mass is 16.5. The monoisotopic (exact) mass is 818 g/mol. The quantitative estimate of drug-likeness (QED) is 0.0365. The summed E-state index contributed by atoms with van der Waals surface area (Å²) < 4.78 is 5.50. The molecule has 12 heteroatoms. The molecule has 0 aromatic heterocycles. The fourth-order valence-corrected chi connectivity index (χ4v) is 7.03. The van der Waals surface area contributed by atoms with Gasteiger partial charge in [-0.15, -0.1) is 0 Å². The number of anilines is 3. The summed E-state index contributed by atoms with van der Waals surface area (Å²) in [6, 6.07) is 40.7. The molecule has 0 radical (unpaired) electrons. The van der Waals surface area contributed by atoms with Crippen molar-refractivity contribution in [2.75, 3.05) is 4.90 Å². The molecule has 0 aliphatic heterocycles. The number of para-hydroxylation sites is 1. The molecule has 0 fully saturated rings. The summed E-state index contributed by atoms with van der Waals surface area (Å²) in [5.74, 6) is 0. The topological polar surface area (TPSA) is 153 Å². The van der Waals surface area contributed by atoms with Gasteiger partial charge in [0.2, 0.25) is 12.2 Å². The third-order valence-electron chi connectivity index (χ3n) is 9.79. The van der Waals surface area contributed by atoms with Crippen LogP contribution in [0.4, 0.5) is 33.2 Å². The maximum atomic E-state index is 12.6. The van der Waals surface area contributed by atoms with Gasteiger partial charge in [0.05, 0.1) is 37.1 Å². The molecule has 1 amide bonds. The smallest absolute Gasteiger partial charge is 0.407 e. The van der Waals surface area contributed by atoms with Gasteiger partial charge in [-0.05, 0) is 118 Å². The zero-order valence-corrected chi connectivity index (χ0v) is 34.3. The van der Waals surface area contributed by atoms with Crippen LogP contribution in [-0.2, 0) is 40.6 Å². The van der Waals surface area contributed by atoms with Gasteiger partial charge in [0, 0.05) is 23.6 Å². The molecule has 5 aromatic carbocycles. The molecule has 62 heavy (non-hydrogen) atoms. The van der Waals surface area contributed by atoms with Gasteiger partial charge in [0.15, 0.2) is 0 Å². The predicted molar refractivity (Wildman–Crippen MR) is 238 cm³/mol. The van der Waals surface area contributed by atoms with Crippen LogP contribution in [0.1, 0.15) is 54.5 Å². The minimum atomic E-state index is -0.606. The van der Waals surface area contributed by atoms with Crippen molar-refractivity contribution in [1.82, 2.24) is 5.32 Å². The average molecular weight is 819 g/mol. The number of nitrogens with one attached hydrogen (secondary N) is 1. The number of allylic oxidation sites excluding steroid dienone is 5. The molecule has 0 saturated heterocycles. The highest BCUT2D eigenvalue weighted by molar-refractivity contribution is 5.77. The first-order valence-electron chi connectivity index (χ1n) is 19.7. The Hall–Kier alpha value is -8.27. The number of isocyanates is 2. The second-order valence-corrected chi connectivity index (χ2v) is 15.2. The van der Waals surface area contributed by atoms with Crippen molar-refractivity contribution in [3.05, 3.63) is 190 Å². The zero-order chi connectivity index (χ0) is 43.7. The van der Waals surface area contributed by atoms with Crippen LogP contribution >= 0.6 is 0 Å². The van der Waals surface area contributed by atoms with E-state index in [1.807, 2.05) is 121 Å². The van der Waals surface area contributed by atoms with Crippen molar-refractivity contribution in [3.8, 4) is 6.07 Å². The summed E-state index contributed by atoms with van der Waals surface area (Å²) >= 11 is 0. The minimum absolute atomic E-state index is 0.0403. The van der Waals surface area contributed by atoms with E-state index < -0.39 is 6.09 Å². The van der Waals surface area contributed by atoms with Crippen molar-refractivity contribution in [2.24, 2.45) is 25.6 Å².